The van der Waals surface area contributed by atoms with E-state index in [4.69, 9.17) is 35.0 Å². The molecule has 0 aliphatic carbocycles. The first-order chi connectivity index (χ1) is 17.9. The molecule has 1 aliphatic heterocycles. The highest BCUT2D eigenvalue weighted by molar-refractivity contribution is 6.31. The predicted octanol–water partition coefficient (Wildman–Crippen LogP) is 6.24. The van der Waals surface area contributed by atoms with Crippen LogP contribution < -0.4 is 18.9 Å². The van der Waals surface area contributed by atoms with Crippen molar-refractivity contribution in [2.75, 3.05) is 34.5 Å². The zero-order valence-electron chi connectivity index (χ0n) is 21.2. The number of carbonyl (C=O) groups excluding carboxylic acids is 1. The van der Waals surface area contributed by atoms with Crippen molar-refractivity contribution in [1.29, 1.82) is 0 Å². The molecule has 0 fully saturated rings. The number of rotatable bonds is 7. The minimum Gasteiger partial charge on any atom is -0.497 e. The van der Waals surface area contributed by atoms with E-state index >= 15 is 0 Å². The third-order valence-electron chi connectivity index (χ3n) is 6.82. The SMILES string of the molecule is COc1ccc(OCC2c3cc(OC)c(OC)cc3CCN2C(=O)c2oc3ccc(Cl)cc3c2C)cc1. The van der Waals surface area contributed by atoms with Crippen molar-refractivity contribution >= 4 is 28.5 Å². The molecule has 0 bridgehead atoms. The minimum atomic E-state index is -0.380. The standard InChI is InChI=1S/C29H28ClNO6/c1-17-22-14-19(30)5-10-25(22)37-28(17)29(32)31-12-11-18-13-26(34-3)27(35-4)15-23(18)24(31)16-36-21-8-6-20(33-2)7-9-21/h5-10,13-15,24H,11-12,16H2,1-4H3. The second kappa shape index (κ2) is 10.3. The predicted molar refractivity (Wildman–Crippen MR) is 141 cm³/mol. The minimum absolute atomic E-state index is 0.200. The van der Waals surface area contributed by atoms with Gasteiger partial charge in [-0.05, 0) is 79.1 Å². The summed E-state index contributed by atoms with van der Waals surface area (Å²) in [5.41, 5.74) is 3.41. The lowest BCUT2D eigenvalue weighted by molar-refractivity contribution is 0.0559. The molecule has 0 N–H and O–H groups in total. The second-order valence-corrected chi connectivity index (χ2v) is 9.29. The van der Waals surface area contributed by atoms with E-state index in [-0.39, 0.29) is 18.6 Å². The highest BCUT2D eigenvalue weighted by Gasteiger charge is 2.35. The van der Waals surface area contributed by atoms with Gasteiger partial charge in [0.2, 0.25) is 0 Å². The fraction of sp³-hybridized carbons (Fsp3) is 0.276. The lowest BCUT2D eigenvalue weighted by atomic mass is 9.91. The molecule has 5 rings (SSSR count). The maximum atomic E-state index is 13.9. The molecule has 192 valence electrons. The van der Waals surface area contributed by atoms with Crippen LogP contribution in [0.15, 0.2) is 59.0 Å². The summed E-state index contributed by atoms with van der Waals surface area (Å²) in [6, 6.07) is 16.2. The Labute approximate surface area is 220 Å². The first kappa shape index (κ1) is 24.8. The summed E-state index contributed by atoms with van der Waals surface area (Å²) in [5.74, 6) is 2.77. The summed E-state index contributed by atoms with van der Waals surface area (Å²) in [5, 5.41) is 1.42. The molecule has 1 unspecified atom stereocenters. The molecule has 2 heterocycles. The molecule has 8 heteroatoms. The van der Waals surface area contributed by atoms with Crippen LogP contribution in [0.5, 0.6) is 23.0 Å². The van der Waals surface area contributed by atoms with Gasteiger partial charge in [0.15, 0.2) is 17.3 Å². The molecule has 0 saturated heterocycles. The highest BCUT2D eigenvalue weighted by Crippen LogP contribution is 2.40. The van der Waals surface area contributed by atoms with Crippen LogP contribution in [0.3, 0.4) is 0 Å². The number of hydrogen-bond donors (Lipinski definition) is 0. The van der Waals surface area contributed by atoms with E-state index in [1.165, 1.54) is 0 Å². The van der Waals surface area contributed by atoms with Crippen LogP contribution >= 0.6 is 11.6 Å². The van der Waals surface area contributed by atoms with Crippen LogP contribution in [0.4, 0.5) is 0 Å². The molecule has 0 spiro atoms. The lowest BCUT2D eigenvalue weighted by Crippen LogP contribution is -2.42. The molecule has 4 aromatic rings. The molecule has 37 heavy (non-hydrogen) atoms. The van der Waals surface area contributed by atoms with Crippen LogP contribution in [-0.4, -0.2) is 45.3 Å². The summed E-state index contributed by atoms with van der Waals surface area (Å²) in [6.07, 6.45) is 0.658. The van der Waals surface area contributed by atoms with E-state index in [0.29, 0.717) is 46.6 Å². The lowest BCUT2D eigenvalue weighted by Gasteiger charge is -2.37. The Morgan fingerprint density at radius 3 is 2.38 bits per heavy atom. The van der Waals surface area contributed by atoms with Crippen LogP contribution in [0.25, 0.3) is 11.0 Å². The van der Waals surface area contributed by atoms with Gasteiger partial charge in [0.1, 0.15) is 23.7 Å². The van der Waals surface area contributed by atoms with E-state index in [1.807, 2.05) is 54.3 Å². The Bertz CT molecular complexity index is 1450. The zero-order valence-corrected chi connectivity index (χ0v) is 21.9. The molecular formula is C29H28ClNO6. The van der Waals surface area contributed by atoms with Crippen molar-refractivity contribution in [2.24, 2.45) is 0 Å². The third-order valence-corrected chi connectivity index (χ3v) is 7.06. The number of nitrogens with zero attached hydrogens (tertiary/aromatic N) is 1. The first-order valence-corrected chi connectivity index (χ1v) is 12.3. The molecule has 0 saturated carbocycles. The van der Waals surface area contributed by atoms with Gasteiger partial charge in [-0.25, -0.2) is 0 Å². The Balaban J connectivity index is 1.53. The van der Waals surface area contributed by atoms with Gasteiger partial charge in [0, 0.05) is 22.5 Å². The Morgan fingerprint density at radius 1 is 0.973 bits per heavy atom. The number of furan rings is 1. The third kappa shape index (κ3) is 4.67. The summed E-state index contributed by atoms with van der Waals surface area (Å²) in [4.78, 5) is 15.7. The van der Waals surface area contributed by atoms with Gasteiger partial charge >= 0.3 is 0 Å². The number of fused-ring (bicyclic) bond motifs is 2. The molecule has 3 aromatic carbocycles. The van der Waals surface area contributed by atoms with Gasteiger partial charge < -0.3 is 28.3 Å². The van der Waals surface area contributed by atoms with Crippen molar-refractivity contribution < 1.29 is 28.2 Å². The van der Waals surface area contributed by atoms with E-state index in [0.717, 1.165) is 27.8 Å². The van der Waals surface area contributed by atoms with E-state index in [2.05, 4.69) is 0 Å². The first-order valence-electron chi connectivity index (χ1n) is 11.9. The van der Waals surface area contributed by atoms with Crippen molar-refractivity contribution in [3.63, 3.8) is 0 Å². The van der Waals surface area contributed by atoms with Gasteiger partial charge in [0.05, 0.1) is 27.4 Å². The number of halogens is 1. The molecule has 1 aromatic heterocycles. The second-order valence-electron chi connectivity index (χ2n) is 8.85. The number of benzene rings is 3. The monoisotopic (exact) mass is 521 g/mol. The van der Waals surface area contributed by atoms with Crippen LogP contribution in [0, 0.1) is 6.92 Å². The zero-order chi connectivity index (χ0) is 26.1. The fourth-order valence-corrected chi connectivity index (χ4v) is 5.00. The number of amides is 1. The van der Waals surface area contributed by atoms with Crippen LogP contribution in [-0.2, 0) is 6.42 Å². The molecule has 1 amide bonds. The molecule has 1 aliphatic rings. The van der Waals surface area contributed by atoms with Gasteiger partial charge in [-0.3, -0.25) is 4.79 Å². The molecule has 0 radical (unpaired) electrons. The summed E-state index contributed by atoms with van der Waals surface area (Å²) < 4.78 is 28.5. The smallest absolute Gasteiger partial charge is 0.290 e. The fourth-order valence-electron chi connectivity index (χ4n) is 4.83. The Kier molecular flexibility index (Phi) is 6.89. The van der Waals surface area contributed by atoms with Gasteiger partial charge in [0.25, 0.3) is 5.91 Å². The molecular weight excluding hydrogens is 494 g/mol. The summed E-state index contributed by atoms with van der Waals surface area (Å²) in [7, 11) is 4.83. The average molecular weight is 522 g/mol. The van der Waals surface area contributed by atoms with E-state index in [9.17, 15) is 4.79 Å². The van der Waals surface area contributed by atoms with Crippen molar-refractivity contribution in [3.8, 4) is 23.0 Å². The largest absolute Gasteiger partial charge is 0.497 e. The van der Waals surface area contributed by atoms with Gasteiger partial charge in [-0.15, -0.1) is 0 Å². The summed E-state index contributed by atoms with van der Waals surface area (Å²) >= 11 is 6.20. The van der Waals surface area contributed by atoms with Gasteiger partial charge in [-0.1, -0.05) is 11.6 Å². The highest BCUT2D eigenvalue weighted by atomic mass is 35.5. The quantitative estimate of drug-likeness (QED) is 0.287. The maximum Gasteiger partial charge on any atom is 0.290 e. The molecule has 7 nitrogen and oxygen atoms in total. The Morgan fingerprint density at radius 2 is 1.68 bits per heavy atom. The topological polar surface area (TPSA) is 70.4 Å². The number of aryl methyl sites for hydroxylation is 1. The summed E-state index contributed by atoms with van der Waals surface area (Å²) in [6.45, 7) is 2.62. The number of carbonyl (C=O) groups is 1. The van der Waals surface area contributed by atoms with Crippen LogP contribution in [0.1, 0.15) is 33.3 Å². The van der Waals surface area contributed by atoms with E-state index < -0.39 is 0 Å². The normalized spacial score (nSPS) is 14.8. The Hall–Kier alpha value is -3.84. The maximum absolute atomic E-state index is 13.9. The van der Waals surface area contributed by atoms with Crippen molar-refractivity contribution in [1.82, 2.24) is 4.90 Å². The van der Waals surface area contributed by atoms with Crippen LogP contribution in [0.2, 0.25) is 5.02 Å². The average Bonchev–Trinajstić information content (AvgIpc) is 3.26. The van der Waals surface area contributed by atoms with Gasteiger partial charge in [-0.2, -0.15) is 0 Å². The molecule has 1 atom stereocenters. The van der Waals surface area contributed by atoms with Crippen molar-refractivity contribution in [3.05, 3.63) is 82.1 Å². The van der Waals surface area contributed by atoms with E-state index in [1.54, 1.807) is 33.5 Å². The number of ether oxygens (including phenoxy) is 4. The number of hydrogen-bond acceptors (Lipinski definition) is 6. The number of methoxy groups -OCH3 is 3. The van der Waals surface area contributed by atoms with Crippen molar-refractivity contribution in [2.45, 2.75) is 19.4 Å².